The van der Waals surface area contributed by atoms with Gasteiger partial charge < -0.3 is 5.32 Å². The molecule has 4 unspecified atom stereocenters. The van der Waals surface area contributed by atoms with Gasteiger partial charge in [0.1, 0.15) is 0 Å². The normalized spacial score (nSPS) is 30.7. The maximum absolute atomic E-state index is 3.87. The van der Waals surface area contributed by atoms with E-state index in [1.165, 1.54) is 44.9 Å². The van der Waals surface area contributed by atoms with E-state index in [-0.39, 0.29) is 0 Å². The van der Waals surface area contributed by atoms with Crippen LogP contribution in [0.15, 0.2) is 24.3 Å². The zero-order valence-corrected chi connectivity index (χ0v) is 13.8. The zero-order chi connectivity index (χ0) is 14.7. The molecule has 2 aliphatic rings. The van der Waals surface area contributed by atoms with Crippen molar-refractivity contribution >= 4 is 0 Å². The van der Waals surface area contributed by atoms with Crippen LogP contribution in [0.1, 0.15) is 57.1 Å². The van der Waals surface area contributed by atoms with Gasteiger partial charge in [-0.25, -0.2) is 0 Å². The first-order valence-electron chi connectivity index (χ1n) is 9.08. The Bertz CT molecular complexity index is 453. The van der Waals surface area contributed by atoms with Crippen molar-refractivity contribution < 1.29 is 0 Å². The fraction of sp³-hybridized carbons (Fsp3) is 0.700. The fourth-order valence-corrected chi connectivity index (χ4v) is 4.79. The predicted molar refractivity (Wildman–Crippen MR) is 90.5 cm³/mol. The third-order valence-electron chi connectivity index (χ3n) is 5.82. The van der Waals surface area contributed by atoms with E-state index in [0.29, 0.717) is 0 Å². The Balaban J connectivity index is 1.72. The third-order valence-corrected chi connectivity index (χ3v) is 5.82. The highest BCUT2D eigenvalue weighted by atomic mass is 14.9. The van der Waals surface area contributed by atoms with Crippen molar-refractivity contribution in [3.05, 3.63) is 35.4 Å². The molecule has 0 amide bonds. The van der Waals surface area contributed by atoms with Crippen LogP contribution in [0.2, 0.25) is 0 Å². The summed E-state index contributed by atoms with van der Waals surface area (Å²) in [5.74, 6) is 2.68. The van der Waals surface area contributed by atoms with Crippen LogP contribution in [0.5, 0.6) is 0 Å². The molecule has 0 aliphatic heterocycles. The van der Waals surface area contributed by atoms with Gasteiger partial charge in [-0.1, -0.05) is 51.0 Å². The SMILES string of the molecule is CCNC(C1CCc2ccccc2C1)C1CCCC(C)C1. The van der Waals surface area contributed by atoms with Crippen LogP contribution in [-0.2, 0) is 12.8 Å². The molecule has 0 heterocycles. The lowest BCUT2D eigenvalue weighted by Gasteiger charge is -2.40. The Morgan fingerprint density at radius 1 is 1.10 bits per heavy atom. The van der Waals surface area contributed by atoms with Crippen LogP contribution in [0, 0.1) is 17.8 Å². The molecule has 1 aromatic carbocycles. The van der Waals surface area contributed by atoms with E-state index in [1.54, 1.807) is 11.1 Å². The average molecular weight is 285 g/mol. The summed E-state index contributed by atoms with van der Waals surface area (Å²) >= 11 is 0. The van der Waals surface area contributed by atoms with E-state index in [1.807, 2.05) is 0 Å². The van der Waals surface area contributed by atoms with Gasteiger partial charge in [-0.05, 0) is 67.5 Å². The molecule has 1 aromatic rings. The van der Waals surface area contributed by atoms with Crippen molar-refractivity contribution in [2.45, 2.75) is 64.8 Å². The van der Waals surface area contributed by atoms with Gasteiger partial charge in [0.15, 0.2) is 0 Å². The maximum Gasteiger partial charge on any atom is 0.0127 e. The second kappa shape index (κ2) is 6.96. The highest BCUT2D eigenvalue weighted by Gasteiger charge is 2.33. The Labute approximate surface area is 130 Å². The molecule has 21 heavy (non-hydrogen) atoms. The van der Waals surface area contributed by atoms with Gasteiger partial charge in [0, 0.05) is 6.04 Å². The second-order valence-electron chi connectivity index (χ2n) is 7.39. The van der Waals surface area contributed by atoms with Crippen LogP contribution < -0.4 is 5.32 Å². The molecule has 0 radical (unpaired) electrons. The Morgan fingerprint density at radius 3 is 2.67 bits per heavy atom. The molecular weight excluding hydrogens is 254 g/mol. The number of nitrogens with one attached hydrogen (secondary N) is 1. The third kappa shape index (κ3) is 3.51. The van der Waals surface area contributed by atoms with Gasteiger partial charge >= 0.3 is 0 Å². The Morgan fingerprint density at radius 2 is 1.90 bits per heavy atom. The number of hydrogen-bond donors (Lipinski definition) is 1. The number of rotatable bonds is 4. The minimum Gasteiger partial charge on any atom is -0.314 e. The molecule has 1 fully saturated rings. The van der Waals surface area contributed by atoms with Crippen LogP contribution in [-0.4, -0.2) is 12.6 Å². The lowest BCUT2D eigenvalue weighted by Crippen LogP contribution is -2.45. The number of hydrogen-bond acceptors (Lipinski definition) is 1. The van der Waals surface area contributed by atoms with Crippen molar-refractivity contribution in [2.24, 2.45) is 17.8 Å². The first-order valence-corrected chi connectivity index (χ1v) is 9.08. The van der Waals surface area contributed by atoms with Crippen LogP contribution in [0.25, 0.3) is 0 Å². The van der Waals surface area contributed by atoms with E-state index in [9.17, 15) is 0 Å². The van der Waals surface area contributed by atoms with E-state index in [0.717, 1.165) is 30.3 Å². The second-order valence-corrected chi connectivity index (χ2v) is 7.39. The van der Waals surface area contributed by atoms with E-state index < -0.39 is 0 Å². The summed E-state index contributed by atoms with van der Waals surface area (Å²) in [7, 11) is 0. The lowest BCUT2D eigenvalue weighted by atomic mass is 9.70. The van der Waals surface area contributed by atoms with Crippen LogP contribution >= 0.6 is 0 Å². The summed E-state index contributed by atoms with van der Waals surface area (Å²) in [6.45, 7) is 5.84. The standard InChI is InChI=1S/C20H31N/c1-3-21-20(18-10-6-7-15(2)13-18)19-12-11-16-8-4-5-9-17(16)14-19/h4-5,8-9,15,18-21H,3,6-7,10-14H2,1-2H3. The van der Waals surface area contributed by atoms with E-state index in [2.05, 4.69) is 43.4 Å². The van der Waals surface area contributed by atoms with Crippen molar-refractivity contribution in [1.82, 2.24) is 5.32 Å². The number of aryl methyl sites for hydroxylation is 1. The first kappa shape index (κ1) is 15.1. The summed E-state index contributed by atoms with van der Waals surface area (Å²) in [4.78, 5) is 0. The quantitative estimate of drug-likeness (QED) is 0.853. The van der Waals surface area contributed by atoms with Crippen LogP contribution in [0.3, 0.4) is 0 Å². The minimum absolute atomic E-state index is 0.742. The molecule has 4 atom stereocenters. The molecule has 0 saturated heterocycles. The zero-order valence-electron chi connectivity index (χ0n) is 13.8. The molecule has 0 bridgehead atoms. The Kier molecular flexibility index (Phi) is 5.00. The highest BCUT2D eigenvalue weighted by Crippen LogP contribution is 2.37. The molecule has 0 spiro atoms. The number of fused-ring (bicyclic) bond motifs is 1. The molecule has 116 valence electrons. The van der Waals surface area contributed by atoms with E-state index >= 15 is 0 Å². The van der Waals surface area contributed by atoms with Gasteiger partial charge in [-0.15, -0.1) is 0 Å². The highest BCUT2D eigenvalue weighted by molar-refractivity contribution is 5.30. The molecule has 3 rings (SSSR count). The summed E-state index contributed by atoms with van der Waals surface area (Å²) in [5.41, 5.74) is 3.21. The largest absolute Gasteiger partial charge is 0.314 e. The lowest BCUT2D eigenvalue weighted by molar-refractivity contribution is 0.168. The van der Waals surface area contributed by atoms with Crippen molar-refractivity contribution in [2.75, 3.05) is 6.54 Å². The van der Waals surface area contributed by atoms with Gasteiger partial charge in [0.05, 0.1) is 0 Å². The average Bonchev–Trinajstić information content (AvgIpc) is 2.52. The fourth-order valence-electron chi connectivity index (χ4n) is 4.79. The molecule has 1 nitrogen and oxygen atoms in total. The minimum atomic E-state index is 0.742. The maximum atomic E-state index is 3.87. The van der Waals surface area contributed by atoms with Crippen molar-refractivity contribution in [3.8, 4) is 0 Å². The topological polar surface area (TPSA) is 12.0 Å². The summed E-state index contributed by atoms with van der Waals surface area (Å²) in [6.07, 6.45) is 9.72. The van der Waals surface area contributed by atoms with Gasteiger partial charge in [0.25, 0.3) is 0 Å². The number of benzene rings is 1. The van der Waals surface area contributed by atoms with Crippen molar-refractivity contribution in [1.29, 1.82) is 0 Å². The van der Waals surface area contributed by atoms with Crippen LogP contribution in [0.4, 0.5) is 0 Å². The van der Waals surface area contributed by atoms with E-state index in [4.69, 9.17) is 0 Å². The molecule has 1 saturated carbocycles. The summed E-state index contributed by atoms with van der Waals surface area (Å²) in [5, 5.41) is 3.87. The Hall–Kier alpha value is -0.820. The molecule has 1 N–H and O–H groups in total. The monoisotopic (exact) mass is 285 g/mol. The van der Waals surface area contributed by atoms with Gasteiger partial charge in [-0.3, -0.25) is 0 Å². The molecule has 1 heteroatoms. The summed E-state index contributed by atoms with van der Waals surface area (Å²) < 4.78 is 0. The molecule has 2 aliphatic carbocycles. The molecular formula is C20H31N. The first-order chi connectivity index (χ1) is 10.3. The molecule has 0 aromatic heterocycles. The van der Waals surface area contributed by atoms with Gasteiger partial charge in [0.2, 0.25) is 0 Å². The van der Waals surface area contributed by atoms with Gasteiger partial charge in [-0.2, -0.15) is 0 Å². The smallest absolute Gasteiger partial charge is 0.0127 e. The summed E-state index contributed by atoms with van der Waals surface area (Å²) in [6, 6.07) is 9.84. The van der Waals surface area contributed by atoms with Crippen molar-refractivity contribution in [3.63, 3.8) is 0 Å². The predicted octanol–water partition coefficient (Wildman–Crippen LogP) is 4.60.